The van der Waals surface area contributed by atoms with Crippen LogP contribution >= 0.6 is 0 Å². The van der Waals surface area contributed by atoms with Crippen molar-refractivity contribution in [2.24, 2.45) is 11.8 Å². The van der Waals surface area contributed by atoms with Gasteiger partial charge in [0.05, 0.1) is 12.1 Å². The highest BCUT2D eigenvalue weighted by molar-refractivity contribution is 5.91. The molecule has 2 atom stereocenters. The molecule has 0 saturated carbocycles. The average Bonchev–Trinajstić information content (AvgIpc) is 3.22. The summed E-state index contributed by atoms with van der Waals surface area (Å²) < 4.78 is 53.8. The van der Waals surface area contributed by atoms with Gasteiger partial charge in [0.15, 0.2) is 5.82 Å². The summed E-state index contributed by atoms with van der Waals surface area (Å²) in [7, 11) is 0. The minimum atomic E-state index is -4.57. The van der Waals surface area contributed by atoms with Gasteiger partial charge in [-0.3, -0.25) is 9.78 Å². The summed E-state index contributed by atoms with van der Waals surface area (Å²) in [5.41, 5.74) is 1.53. The zero-order chi connectivity index (χ0) is 23.3. The van der Waals surface area contributed by atoms with Gasteiger partial charge in [0.2, 0.25) is 11.7 Å². The molecule has 0 radical (unpaired) electrons. The van der Waals surface area contributed by atoms with Crippen molar-refractivity contribution < 1.29 is 22.4 Å². The van der Waals surface area contributed by atoms with Crippen molar-refractivity contribution in [3.8, 4) is 0 Å². The van der Waals surface area contributed by atoms with Crippen LogP contribution < -0.4 is 4.90 Å². The van der Waals surface area contributed by atoms with E-state index in [2.05, 4.69) is 20.1 Å². The molecule has 4 heterocycles. The largest absolute Gasteiger partial charge is 0.451 e. The SMILES string of the molecule is C[C@@H]1CN(c2ccnc3cc(F)ccc23)CC[C@@H]1C(=O)N1CCn2c(nnc2C(F)(F)F)C1. The van der Waals surface area contributed by atoms with Gasteiger partial charge in [-0.15, -0.1) is 10.2 Å². The highest BCUT2D eigenvalue weighted by atomic mass is 19.4. The van der Waals surface area contributed by atoms with E-state index in [4.69, 9.17) is 0 Å². The number of halogens is 4. The van der Waals surface area contributed by atoms with Crippen LogP contribution in [0.15, 0.2) is 30.5 Å². The maximum atomic E-state index is 13.6. The van der Waals surface area contributed by atoms with Crippen molar-refractivity contribution in [1.82, 2.24) is 24.6 Å². The van der Waals surface area contributed by atoms with Gasteiger partial charge >= 0.3 is 6.18 Å². The molecule has 1 fully saturated rings. The summed E-state index contributed by atoms with van der Waals surface area (Å²) in [5.74, 6) is -1.47. The molecule has 33 heavy (non-hydrogen) atoms. The number of aromatic nitrogens is 4. The lowest BCUT2D eigenvalue weighted by atomic mass is 9.85. The molecule has 0 unspecified atom stereocenters. The third kappa shape index (κ3) is 3.89. The Labute approximate surface area is 187 Å². The Kier molecular flexibility index (Phi) is 5.21. The Morgan fingerprint density at radius 3 is 2.70 bits per heavy atom. The van der Waals surface area contributed by atoms with Gasteiger partial charge in [-0.05, 0) is 30.5 Å². The first-order valence-electron chi connectivity index (χ1n) is 10.8. The smallest absolute Gasteiger partial charge is 0.371 e. The molecule has 3 aromatic rings. The first-order valence-corrected chi connectivity index (χ1v) is 10.8. The van der Waals surface area contributed by atoms with Crippen molar-refractivity contribution in [2.45, 2.75) is 32.6 Å². The molecule has 0 aliphatic carbocycles. The molecule has 1 saturated heterocycles. The standard InChI is InChI=1S/C22H22F4N6O/c1-13-11-30(18-4-6-27-17-10-14(23)2-3-16(17)18)7-5-15(13)20(33)31-8-9-32-19(12-31)28-29-21(32)22(24,25)26/h2-4,6,10,13,15H,5,7-9,11-12H2,1H3/t13-,15+/m1/s1. The molecule has 2 aliphatic rings. The molecular formula is C22H22F4N6O. The lowest BCUT2D eigenvalue weighted by Gasteiger charge is -2.40. The molecule has 1 aromatic carbocycles. The second kappa shape index (κ2) is 7.96. The van der Waals surface area contributed by atoms with Gasteiger partial charge in [0, 0.05) is 55.4 Å². The van der Waals surface area contributed by atoms with Gasteiger partial charge in [-0.25, -0.2) is 4.39 Å². The first-order chi connectivity index (χ1) is 15.7. The van der Waals surface area contributed by atoms with E-state index in [1.54, 1.807) is 17.2 Å². The molecule has 2 aromatic heterocycles. The zero-order valence-electron chi connectivity index (χ0n) is 17.9. The first kappa shape index (κ1) is 21.6. The summed E-state index contributed by atoms with van der Waals surface area (Å²) in [6.45, 7) is 3.52. The van der Waals surface area contributed by atoms with Gasteiger partial charge in [0.1, 0.15) is 5.82 Å². The molecule has 0 N–H and O–H groups in total. The Hall–Kier alpha value is -3.24. The number of piperidine rings is 1. The number of alkyl halides is 3. The fourth-order valence-corrected chi connectivity index (χ4v) is 4.90. The number of carbonyl (C=O) groups is 1. The highest BCUT2D eigenvalue weighted by Gasteiger charge is 2.41. The van der Waals surface area contributed by atoms with Crippen LogP contribution in [0.4, 0.5) is 23.2 Å². The average molecular weight is 462 g/mol. The van der Waals surface area contributed by atoms with E-state index in [0.717, 1.165) is 15.6 Å². The normalized spacial score (nSPS) is 21.4. The topological polar surface area (TPSA) is 67.2 Å². The quantitative estimate of drug-likeness (QED) is 0.546. The maximum Gasteiger partial charge on any atom is 0.451 e. The Balaban J connectivity index is 1.29. The molecule has 0 bridgehead atoms. The summed E-state index contributed by atoms with van der Waals surface area (Å²) in [6.07, 6.45) is -2.30. The van der Waals surface area contributed by atoms with Crippen LogP contribution in [0, 0.1) is 17.7 Å². The Bertz CT molecular complexity index is 1210. The number of anilines is 1. The minimum Gasteiger partial charge on any atom is -0.371 e. The van der Waals surface area contributed by atoms with Crippen molar-refractivity contribution in [3.05, 3.63) is 47.9 Å². The molecule has 1 amide bonds. The monoisotopic (exact) mass is 462 g/mol. The van der Waals surface area contributed by atoms with E-state index in [0.29, 0.717) is 25.0 Å². The van der Waals surface area contributed by atoms with Crippen LogP contribution in [0.25, 0.3) is 10.9 Å². The van der Waals surface area contributed by atoms with Crippen LogP contribution in [0.5, 0.6) is 0 Å². The van der Waals surface area contributed by atoms with E-state index in [1.165, 1.54) is 12.1 Å². The number of pyridine rings is 1. The highest BCUT2D eigenvalue weighted by Crippen LogP contribution is 2.34. The molecule has 0 spiro atoms. The summed E-state index contributed by atoms with van der Waals surface area (Å²) in [4.78, 5) is 21.3. The van der Waals surface area contributed by atoms with Gasteiger partial charge in [-0.1, -0.05) is 6.92 Å². The van der Waals surface area contributed by atoms with Crippen molar-refractivity contribution in [3.63, 3.8) is 0 Å². The molecule has 174 valence electrons. The van der Waals surface area contributed by atoms with Crippen LogP contribution in [0.2, 0.25) is 0 Å². The third-order valence-electron chi connectivity index (χ3n) is 6.56. The van der Waals surface area contributed by atoms with E-state index in [-0.39, 0.29) is 49.0 Å². The molecule has 5 rings (SSSR count). The van der Waals surface area contributed by atoms with Crippen LogP contribution in [-0.4, -0.2) is 50.2 Å². The van der Waals surface area contributed by atoms with Crippen LogP contribution in [0.3, 0.4) is 0 Å². The number of carbonyl (C=O) groups excluding carboxylic acids is 1. The second-order valence-corrected chi connectivity index (χ2v) is 8.66. The number of hydrogen-bond donors (Lipinski definition) is 0. The number of nitrogens with zero attached hydrogens (tertiary/aromatic N) is 6. The number of benzene rings is 1. The van der Waals surface area contributed by atoms with E-state index < -0.39 is 12.0 Å². The fraction of sp³-hybridized carbons (Fsp3) is 0.455. The molecular weight excluding hydrogens is 440 g/mol. The van der Waals surface area contributed by atoms with Crippen molar-refractivity contribution in [2.75, 3.05) is 24.5 Å². The number of amides is 1. The van der Waals surface area contributed by atoms with Crippen LogP contribution in [-0.2, 0) is 24.1 Å². The van der Waals surface area contributed by atoms with E-state index in [9.17, 15) is 22.4 Å². The Morgan fingerprint density at radius 1 is 1.12 bits per heavy atom. The number of rotatable bonds is 2. The van der Waals surface area contributed by atoms with Gasteiger partial charge in [-0.2, -0.15) is 13.2 Å². The number of fused-ring (bicyclic) bond motifs is 2. The zero-order valence-corrected chi connectivity index (χ0v) is 17.9. The Morgan fingerprint density at radius 2 is 1.94 bits per heavy atom. The third-order valence-corrected chi connectivity index (χ3v) is 6.56. The second-order valence-electron chi connectivity index (χ2n) is 8.66. The predicted octanol–water partition coefficient (Wildman–Crippen LogP) is 3.49. The van der Waals surface area contributed by atoms with Crippen molar-refractivity contribution in [1.29, 1.82) is 0 Å². The summed E-state index contributed by atoms with van der Waals surface area (Å²) >= 11 is 0. The van der Waals surface area contributed by atoms with Crippen LogP contribution in [0.1, 0.15) is 25.0 Å². The lowest BCUT2D eigenvalue weighted by molar-refractivity contribution is -0.148. The number of hydrogen-bond acceptors (Lipinski definition) is 5. The summed E-state index contributed by atoms with van der Waals surface area (Å²) in [6, 6.07) is 6.42. The van der Waals surface area contributed by atoms with E-state index in [1.807, 2.05) is 13.0 Å². The predicted molar refractivity (Wildman–Crippen MR) is 112 cm³/mol. The van der Waals surface area contributed by atoms with Gasteiger partial charge < -0.3 is 14.4 Å². The maximum absolute atomic E-state index is 13.6. The molecule has 2 aliphatic heterocycles. The van der Waals surface area contributed by atoms with E-state index >= 15 is 0 Å². The van der Waals surface area contributed by atoms with Crippen molar-refractivity contribution >= 4 is 22.5 Å². The minimum absolute atomic E-state index is 0.0232. The summed E-state index contributed by atoms with van der Waals surface area (Å²) in [5, 5.41) is 7.80. The lowest BCUT2D eigenvalue weighted by Crippen LogP contribution is -2.49. The molecule has 7 nitrogen and oxygen atoms in total. The fourth-order valence-electron chi connectivity index (χ4n) is 4.90. The molecule has 11 heteroatoms. The van der Waals surface area contributed by atoms with Gasteiger partial charge in [0.25, 0.3) is 0 Å².